The Morgan fingerprint density at radius 1 is 0.667 bits per heavy atom. The molecule has 3 rings (SSSR count). The molecule has 0 spiro atoms. The highest BCUT2D eigenvalue weighted by Gasteiger charge is 1.99. The van der Waals surface area contributed by atoms with E-state index in [1.807, 2.05) is 42.5 Å². The van der Waals surface area contributed by atoms with Gasteiger partial charge in [0.2, 0.25) is 0 Å². The zero-order chi connectivity index (χ0) is 16.6. The van der Waals surface area contributed by atoms with Gasteiger partial charge >= 0.3 is 0 Å². The average molecular weight is 322 g/mol. The Morgan fingerprint density at radius 2 is 1.29 bits per heavy atom. The molecule has 0 N–H and O–H groups in total. The lowest BCUT2D eigenvalue weighted by Gasteiger charge is -2.07. The lowest BCUT2D eigenvalue weighted by atomic mass is 10.1. The van der Waals surface area contributed by atoms with Crippen molar-refractivity contribution in [1.82, 2.24) is 0 Å². The lowest BCUT2D eigenvalue weighted by molar-refractivity contribution is 0.124. The monoisotopic (exact) mass is 322 g/mol. The van der Waals surface area contributed by atoms with Gasteiger partial charge in [0.15, 0.2) is 0 Å². The highest BCUT2D eigenvalue weighted by Crippen LogP contribution is 2.22. The Labute approximate surface area is 141 Å². The highest BCUT2D eigenvalue weighted by molar-refractivity contribution is 5.33. The highest BCUT2D eigenvalue weighted by atomic mass is 19.1. The number of halogens is 1. The second-order valence-electron chi connectivity index (χ2n) is 5.49. The minimum Gasteiger partial charge on any atom is -0.457 e. The maximum absolute atomic E-state index is 12.9. The number of rotatable bonds is 7. The van der Waals surface area contributed by atoms with Crippen LogP contribution in [0.2, 0.25) is 0 Å². The van der Waals surface area contributed by atoms with Crippen LogP contribution in [0.3, 0.4) is 0 Å². The molecular weight excluding hydrogens is 303 g/mol. The summed E-state index contributed by atoms with van der Waals surface area (Å²) in [4.78, 5) is 0. The molecule has 0 radical (unpaired) electrons. The molecule has 0 bridgehead atoms. The number of benzene rings is 3. The van der Waals surface area contributed by atoms with Gasteiger partial charge in [-0.2, -0.15) is 0 Å². The number of ether oxygens (including phenoxy) is 2. The van der Waals surface area contributed by atoms with Gasteiger partial charge in [0.05, 0.1) is 13.2 Å². The Hall–Kier alpha value is -2.65. The first-order valence-electron chi connectivity index (χ1n) is 7.94. The van der Waals surface area contributed by atoms with Crippen molar-refractivity contribution >= 4 is 0 Å². The van der Waals surface area contributed by atoms with Gasteiger partial charge in [-0.25, -0.2) is 4.39 Å². The molecule has 0 amide bonds. The molecule has 24 heavy (non-hydrogen) atoms. The van der Waals surface area contributed by atoms with Gasteiger partial charge in [-0.15, -0.1) is 0 Å². The maximum atomic E-state index is 12.9. The van der Waals surface area contributed by atoms with Crippen molar-refractivity contribution < 1.29 is 13.9 Å². The van der Waals surface area contributed by atoms with Crippen molar-refractivity contribution in [2.45, 2.75) is 13.0 Å². The van der Waals surface area contributed by atoms with E-state index in [9.17, 15) is 4.39 Å². The van der Waals surface area contributed by atoms with Crippen LogP contribution < -0.4 is 4.74 Å². The molecule has 0 aromatic heterocycles. The predicted octanol–water partition coefficient (Wildman–Crippen LogP) is 5.38. The van der Waals surface area contributed by atoms with E-state index in [2.05, 4.69) is 12.1 Å². The van der Waals surface area contributed by atoms with Gasteiger partial charge in [0, 0.05) is 0 Å². The summed E-state index contributed by atoms with van der Waals surface area (Å²) in [5.74, 6) is 1.08. The number of hydrogen-bond acceptors (Lipinski definition) is 2. The van der Waals surface area contributed by atoms with Gasteiger partial charge < -0.3 is 9.47 Å². The van der Waals surface area contributed by atoms with Crippen molar-refractivity contribution in [1.29, 1.82) is 0 Å². The fourth-order valence-electron chi connectivity index (χ4n) is 2.32. The molecule has 0 saturated carbocycles. The fraction of sp³-hybridized carbons (Fsp3) is 0.143. The molecule has 3 aromatic rings. The third-order valence-corrected chi connectivity index (χ3v) is 3.62. The van der Waals surface area contributed by atoms with Crippen molar-refractivity contribution in [2.75, 3.05) is 6.61 Å². The zero-order valence-corrected chi connectivity index (χ0v) is 13.3. The van der Waals surface area contributed by atoms with Crippen LogP contribution in [0, 0.1) is 5.82 Å². The summed E-state index contributed by atoms with van der Waals surface area (Å²) in [5, 5.41) is 0. The minimum absolute atomic E-state index is 0.270. The molecule has 0 aliphatic heterocycles. The molecule has 0 unspecified atom stereocenters. The molecular formula is C21H19FO2. The van der Waals surface area contributed by atoms with E-state index >= 15 is 0 Å². The summed E-state index contributed by atoms with van der Waals surface area (Å²) in [6.07, 6.45) is 0.851. The van der Waals surface area contributed by atoms with Gasteiger partial charge in [-0.1, -0.05) is 42.5 Å². The van der Waals surface area contributed by atoms with E-state index in [-0.39, 0.29) is 5.82 Å². The van der Waals surface area contributed by atoms with E-state index in [0.717, 1.165) is 12.2 Å². The normalized spacial score (nSPS) is 10.5. The van der Waals surface area contributed by atoms with Crippen LogP contribution in [-0.2, 0) is 17.8 Å². The Bertz CT molecular complexity index is 737. The largest absolute Gasteiger partial charge is 0.457 e. The summed E-state index contributed by atoms with van der Waals surface area (Å²) in [7, 11) is 0. The first-order valence-corrected chi connectivity index (χ1v) is 7.94. The quantitative estimate of drug-likeness (QED) is 0.544. The van der Waals surface area contributed by atoms with Crippen molar-refractivity contribution in [3.8, 4) is 11.5 Å². The first-order chi connectivity index (χ1) is 11.8. The third kappa shape index (κ3) is 4.93. The van der Waals surface area contributed by atoms with Crippen LogP contribution in [0.4, 0.5) is 4.39 Å². The molecule has 0 aliphatic rings. The van der Waals surface area contributed by atoms with Crippen LogP contribution >= 0.6 is 0 Å². The summed E-state index contributed by atoms with van der Waals surface area (Å²) in [5.41, 5.74) is 2.37. The second kappa shape index (κ2) is 8.27. The average Bonchev–Trinajstić information content (AvgIpc) is 2.63. The molecule has 0 fully saturated rings. The minimum atomic E-state index is -0.270. The topological polar surface area (TPSA) is 18.5 Å². The van der Waals surface area contributed by atoms with E-state index in [1.165, 1.54) is 23.3 Å². The Morgan fingerprint density at radius 3 is 1.96 bits per heavy atom. The molecule has 122 valence electrons. The molecule has 0 saturated heterocycles. The van der Waals surface area contributed by atoms with E-state index in [0.29, 0.717) is 19.0 Å². The molecule has 0 heterocycles. The zero-order valence-electron chi connectivity index (χ0n) is 13.3. The SMILES string of the molecule is Fc1ccc(Oc2ccc(CCOCc3ccccc3)cc2)cc1. The van der Waals surface area contributed by atoms with Crippen LogP contribution in [-0.4, -0.2) is 6.61 Å². The standard InChI is InChI=1S/C21H19FO2/c22-19-8-12-21(13-9-19)24-20-10-6-17(7-11-20)14-15-23-16-18-4-2-1-3-5-18/h1-13H,14-16H2. The fourth-order valence-corrected chi connectivity index (χ4v) is 2.32. The van der Waals surface area contributed by atoms with E-state index in [1.54, 1.807) is 12.1 Å². The van der Waals surface area contributed by atoms with Gasteiger partial charge in [-0.05, 0) is 53.9 Å². The van der Waals surface area contributed by atoms with Crippen LogP contribution in [0.15, 0.2) is 78.9 Å². The maximum Gasteiger partial charge on any atom is 0.127 e. The van der Waals surface area contributed by atoms with Gasteiger partial charge in [0.25, 0.3) is 0 Å². The second-order valence-corrected chi connectivity index (χ2v) is 5.49. The van der Waals surface area contributed by atoms with E-state index in [4.69, 9.17) is 9.47 Å². The van der Waals surface area contributed by atoms with Gasteiger partial charge in [-0.3, -0.25) is 0 Å². The van der Waals surface area contributed by atoms with Crippen molar-refractivity contribution in [3.63, 3.8) is 0 Å². The number of hydrogen-bond donors (Lipinski definition) is 0. The third-order valence-electron chi connectivity index (χ3n) is 3.62. The van der Waals surface area contributed by atoms with Crippen molar-refractivity contribution in [2.24, 2.45) is 0 Å². The van der Waals surface area contributed by atoms with Crippen molar-refractivity contribution in [3.05, 3.63) is 95.8 Å². The lowest BCUT2D eigenvalue weighted by Crippen LogP contribution is -1.99. The first kappa shape index (κ1) is 16.2. The Balaban J connectivity index is 1.45. The smallest absolute Gasteiger partial charge is 0.127 e. The summed E-state index contributed by atoms with van der Waals surface area (Å²) in [6, 6.07) is 24.0. The summed E-state index contributed by atoms with van der Waals surface area (Å²) in [6.45, 7) is 1.31. The van der Waals surface area contributed by atoms with Gasteiger partial charge in [0.1, 0.15) is 17.3 Å². The summed E-state index contributed by atoms with van der Waals surface area (Å²) < 4.78 is 24.2. The molecule has 2 nitrogen and oxygen atoms in total. The molecule has 3 heteroatoms. The van der Waals surface area contributed by atoms with Crippen LogP contribution in [0.1, 0.15) is 11.1 Å². The predicted molar refractivity (Wildman–Crippen MR) is 92.7 cm³/mol. The Kier molecular flexibility index (Phi) is 5.59. The summed E-state index contributed by atoms with van der Waals surface area (Å²) >= 11 is 0. The van der Waals surface area contributed by atoms with Crippen LogP contribution in [0.25, 0.3) is 0 Å². The molecule has 0 aliphatic carbocycles. The molecule has 3 aromatic carbocycles. The molecule has 0 atom stereocenters. The van der Waals surface area contributed by atoms with E-state index < -0.39 is 0 Å². The van der Waals surface area contributed by atoms with Crippen LogP contribution in [0.5, 0.6) is 11.5 Å².